The smallest absolute Gasteiger partial charge is 0.407 e. The molecule has 1 aromatic heterocycles. The summed E-state index contributed by atoms with van der Waals surface area (Å²) in [7, 11) is 0.130. The van der Waals surface area contributed by atoms with Crippen LogP contribution < -0.4 is 14.4 Å². The molecule has 3 aromatic rings. The van der Waals surface area contributed by atoms with Crippen molar-refractivity contribution in [1.29, 1.82) is 0 Å². The summed E-state index contributed by atoms with van der Waals surface area (Å²) in [5.41, 5.74) is 2.01. The third kappa shape index (κ3) is 4.04. The monoisotopic (exact) mass is 433 g/mol. The zero-order valence-corrected chi connectivity index (χ0v) is 17.9. The topological polar surface area (TPSA) is 111 Å². The van der Waals surface area contributed by atoms with E-state index >= 15 is 0 Å². The van der Waals surface area contributed by atoms with Gasteiger partial charge in [0.2, 0.25) is 0 Å². The molecule has 1 amide bonds. The summed E-state index contributed by atoms with van der Waals surface area (Å²) in [6, 6.07) is 10.2. The lowest BCUT2D eigenvalue weighted by Crippen LogP contribution is -2.27. The molecule has 0 fully saturated rings. The largest absolute Gasteiger partial charge is 0.495 e. The van der Waals surface area contributed by atoms with Crippen LogP contribution in [0.3, 0.4) is 0 Å². The summed E-state index contributed by atoms with van der Waals surface area (Å²) in [5, 5.41) is 7.03. The molecule has 0 aliphatic rings. The first-order valence-corrected chi connectivity index (χ1v) is 10.6. The van der Waals surface area contributed by atoms with Gasteiger partial charge in [-0.2, -0.15) is 0 Å². The maximum atomic E-state index is 13.4. The molecule has 0 radical (unpaired) electrons. The fourth-order valence-electron chi connectivity index (χ4n) is 2.96. The van der Waals surface area contributed by atoms with Crippen molar-refractivity contribution < 1.29 is 27.2 Å². The van der Waals surface area contributed by atoms with Gasteiger partial charge in [-0.1, -0.05) is 24.2 Å². The molecule has 1 N–H and O–H groups in total. The second-order valence-electron chi connectivity index (χ2n) is 6.49. The molecule has 0 atom stereocenters. The highest BCUT2D eigenvalue weighted by molar-refractivity contribution is 7.93. The highest BCUT2D eigenvalue weighted by Crippen LogP contribution is 2.33. The van der Waals surface area contributed by atoms with Crippen molar-refractivity contribution in [3.8, 4) is 5.75 Å². The minimum atomic E-state index is -3.98. The molecule has 1 heterocycles. The van der Waals surface area contributed by atoms with Crippen molar-refractivity contribution in [3.63, 3.8) is 0 Å². The van der Waals surface area contributed by atoms with Crippen molar-refractivity contribution in [1.82, 2.24) is 10.5 Å². The quantitative estimate of drug-likeness (QED) is 0.609. The number of alkyl carbamates (subject to hydrolysis) is 1. The third-order valence-electron chi connectivity index (χ3n) is 4.71. The Morgan fingerprint density at radius 1 is 1.17 bits per heavy atom. The normalized spacial score (nSPS) is 11.3. The zero-order chi connectivity index (χ0) is 21.9. The predicted molar refractivity (Wildman–Crippen MR) is 111 cm³/mol. The summed E-state index contributed by atoms with van der Waals surface area (Å²) in [6.45, 7) is 2.15. The maximum Gasteiger partial charge on any atom is 0.407 e. The molecule has 9 nitrogen and oxygen atoms in total. The van der Waals surface area contributed by atoms with Gasteiger partial charge in [-0.25, -0.2) is 17.5 Å². The predicted octanol–water partition coefficient (Wildman–Crippen LogP) is 3.08. The van der Waals surface area contributed by atoms with Crippen molar-refractivity contribution in [3.05, 3.63) is 47.5 Å². The number of carbonyl (C=O) groups excluding carboxylic acids is 1. The van der Waals surface area contributed by atoms with Gasteiger partial charge >= 0.3 is 6.09 Å². The number of fused-ring (bicyclic) bond motifs is 1. The molecule has 0 bridgehead atoms. The molecule has 0 spiro atoms. The number of methoxy groups -OCH3 is 2. The lowest BCUT2D eigenvalue weighted by atomic mass is 10.1. The number of nitrogens with zero attached hydrogens (tertiary/aromatic N) is 2. The number of aryl methyl sites for hydroxylation is 1. The van der Waals surface area contributed by atoms with Crippen LogP contribution in [0, 0.1) is 0 Å². The second kappa shape index (κ2) is 8.62. The number of rotatable bonds is 7. The molecule has 30 heavy (non-hydrogen) atoms. The number of anilines is 1. The van der Waals surface area contributed by atoms with Gasteiger partial charge in [0.1, 0.15) is 10.6 Å². The molecule has 0 aliphatic heterocycles. The summed E-state index contributed by atoms with van der Waals surface area (Å²) >= 11 is 0. The van der Waals surface area contributed by atoms with Gasteiger partial charge in [-0.05, 0) is 41.8 Å². The van der Waals surface area contributed by atoms with Crippen LogP contribution in [0.2, 0.25) is 0 Å². The van der Waals surface area contributed by atoms with E-state index in [1.807, 2.05) is 13.0 Å². The van der Waals surface area contributed by atoms with Gasteiger partial charge in [0.25, 0.3) is 10.0 Å². The van der Waals surface area contributed by atoms with Gasteiger partial charge in [0.15, 0.2) is 11.4 Å². The van der Waals surface area contributed by atoms with E-state index in [2.05, 4.69) is 15.2 Å². The van der Waals surface area contributed by atoms with Gasteiger partial charge < -0.3 is 19.3 Å². The Balaban J connectivity index is 2.01. The van der Waals surface area contributed by atoms with E-state index in [4.69, 9.17) is 9.26 Å². The van der Waals surface area contributed by atoms with Crippen molar-refractivity contribution >= 4 is 32.9 Å². The Kier molecular flexibility index (Phi) is 6.16. The summed E-state index contributed by atoms with van der Waals surface area (Å²) in [5.74, 6) is 0.378. The van der Waals surface area contributed by atoms with E-state index in [0.717, 1.165) is 15.4 Å². The molecular formula is C20H23N3O6S. The van der Waals surface area contributed by atoms with E-state index in [9.17, 15) is 13.2 Å². The van der Waals surface area contributed by atoms with Crippen LogP contribution in [0.5, 0.6) is 5.75 Å². The van der Waals surface area contributed by atoms with E-state index in [1.54, 1.807) is 30.3 Å². The average Bonchev–Trinajstić information content (AvgIpc) is 3.19. The molecule has 2 aromatic carbocycles. The van der Waals surface area contributed by atoms with Crippen LogP contribution in [0.15, 0.2) is 45.8 Å². The summed E-state index contributed by atoms with van der Waals surface area (Å²) in [4.78, 5) is 11.4. The van der Waals surface area contributed by atoms with E-state index in [0.29, 0.717) is 17.4 Å². The van der Waals surface area contributed by atoms with Gasteiger partial charge in [-0.3, -0.25) is 0 Å². The van der Waals surface area contributed by atoms with Gasteiger partial charge in [0.05, 0.1) is 19.6 Å². The fraction of sp³-hybridized carbons (Fsp3) is 0.300. The van der Waals surface area contributed by atoms with E-state index in [-0.39, 0.29) is 23.0 Å². The standard InChI is InChI=1S/C20H23N3O6S/c1-5-13-6-9-17(27-3)18(11-13)30(25,26)23(2)19-15-10-14(12-21-20(24)28-4)7-8-16(15)29-22-19/h6-11H,5,12H2,1-4H3,(H,21,24). The Bertz CT molecular complexity index is 1170. The maximum absolute atomic E-state index is 13.4. The molecule has 0 aliphatic carbocycles. The van der Waals surface area contributed by atoms with Crippen LogP contribution in [0.4, 0.5) is 10.6 Å². The van der Waals surface area contributed by atoms with E-state index < -0.39 is 16.1 Å². The number of aromatic nitrogens is 1. The number of nitrogens with one attached hydrogen (secondary N) is 1. The zero-order valence-electron chi connectivity index (χ0n) is 17.1. The first kappa shape index (κ1) is 21.4. The highest BCUT2D eigenvalue weighted by Gasteiger charge is 2.29. The molecule has 0 saturated heterocycles. The Labute approximate surface area is 174 Å². The SMILES string of the molecule is CCc1ccc(OC)c(S(=O)(=O)N(C)c2noc3ccc(CNC(=O)OC)cc23)c1. The number of amides is 1. The minimum absolute atomic E-state index is 0.0477. The first-order valence-electron chi connectivity index (χ1n) is 9.17. The Hall–Kier alpha value is -3.27. The number of sulfonamides is 1. The average molecular weight is 433 g/mol. The van der Waals surface area contributed by atoms with Crippen molar-refractivity contribution in [2.45, 2.75) is 24.8 Å². The fourth-order valence-corrected chi connectivity index (χ4v) is 4.32. The molecule has 0 saturated carbocycles. The number of carbonyl (C=O) groups is 1. The first-order chi connectivity index (χ1) is 14.3. The number of benzene rings is 2. The highest BCUT2D eigenvalue weighted by atomic mass is 32.2. The van der Waals surface area contributed by atoms with Crippen LogP contribution in [0.1, 0.15) is 18.1 Å². The van der Waals surface area contributed by atoms with Gasteiger partial charge in [-0.15, -0.1) is 0 Å². The number of hydrogen-bond acceptors (Lipinski definition) is 7. The number of hydrogen-bond donors (Lipinski definition) is 1. The molecular weight excluding hydrogens is 410 g/mol. The summed E-state index contributed by atoms with van der Waals surface area (Å²) < 4.78 is 42.9. The lowest BCUT2D eigenvalue weighted by molar-refractivity contribution is 0.170. The van der Waals surface area contributed by atoms with Crippen LogP contribution in [0.25, 0.3) is 11.0 Å². The van der Waals surface area contributed by atoms with Crippen LogP contribution >= 0.6 is 0 Å². The molecule has 10 heteroatoms. The van der Waals surface area contributed by atoms with Crippen LogP contribution in [-0.4, -0.2) is 40.9 Å². The Morgan fingerprint density at radius 3 is 2.57 bits per heavy atom. The second-order valence-corrected chi connectivity index (χ2v) is 8.43. The molecule has 3 rings (SSSR count). The number of ether oxygens (including phenoxy) is 2. The van der Waals surface area contributed by atoms with Crippen molar-refractivity contribution in [2.24, 2.45) is 0 Å². The van der Waals surface area contributed by atoms with Crippen LogP contribution in [-0.2, 0) is 27.7 Å². The molecule has 0 unspecified atom stereocenters. The summed E-state index contributed by atoms with van der Waals surface area (Å²) in [6.07, 6.45) is 0.114. The Morgan fingerprint density at radius 2 is 1.90 bits per heavy atom. The van der Waals surface area contributed by atoms with Gasteiger partial charge in [0, 0.05) is 13.6 Å². The van der Waals surface area contributed by atoms with E-state index in [1.165, 1.54) is 21.3 Å². The molecule has 160 valence electrons. The third-order valence-corrected chi connectivity index (χ3v) is 6.48. The van der Waals surface area contributed by atoms with Crippen molar-refractivity contribution in [2.75, 3.05) is 25.6 Å². The minimum Gasteiger partial charge on any atom is -0.495 e. The lowest BCUT2D eigenvalue weighted by Gasteiger charge is -2.19.